The van der Waals surface area contributed by atoms with Crippen LogP contribution in [-0.2, 0) is 33.3 Å². The second-order valence-electron chi connectivity index (χ2n) is 18.9. The number of hydrogen-bond acceptors (Lipinski definition) is 7. The zero-order valence-electron chi connectivity index (χ0n) is 40.9. The zero-order valence-corrected chi connectivity index (χ0v) is 40.9. The van der Waals surface area contributed by atoms with Crippen LogP contribution in [0.5, 0.6) is 0 Å². The molecular formula is C54H102O7. The highest BCUT2D eigenvalue weighted by molar-refractivity contribution is 5.71. The van der Waals surface area contributed by atoms with Gasteiger partial charge in [0.2, 0.25) is 0 Å². The van der Waals surface area contributed by atoms with Gasteiger partial charge in [-0.25, -0.2) is 0 Å². The van der Waals surface area contributed by atoms with Crippen LogP contribution in [0, 0.1) is 0 Å². The summed E-state index contributed by atoms with van der Waals surface area (Å²) < 4.78 is 22.7. The van der Waals surface area contributed by atoms with Crippen molar-refractivity contribution < 1.29 is 33.3 Å². The van der Waals surface area contributed by atoms with Crippen LogP contribution < -0.4 is 0 Å². The fraction of sp³-hybridized carbons (Fsp3) is 0.944. The quantitative estimate of drug-likeness (QED) is 0.0260. The Morgan fingerprint density at radius 2 is 0.590 bits per heavy atom. The lowest BCUT2D eigenvalue weighted by Gasteiger charge is -2.18. The number of unbranched alkanes of at least 4 members (excludes halogenated alkanes) is 34. The third-order valence-corrected chi connectivity index (χ3v) is 12.8. The van der Waals surface area contributed by atoms with Gasteiger partial charge in [0, 0.05) is 19.3 Å². The topological polar surface area (TPSA) is 91.4 Å². The highest BCUT2D eigenvalue weighted by Gasteiger charge is 2.36. The average molecular weight is 863 g/mol. The molecule has 0 amide bonds. The average Bonchev–Trinajstić information content (AvgIpc) is 4.02. The minimum Gasteiger partial charge on any atom is -0.462 e. The largest absolute Gasteiger partial charge is 0.462 e. The van der Waals surface area contributed by atoms with Crippen LogP contribution in [-0.4, -0.2) is 49.4 Å². The van der Waals surface area contributed by atoms with Crippen LogP contribution in [0.3, 0.4) is 0 Å². The van der Waals surface area contributed by atoms with Gasteiger partial charge in [0.25, 0.3) is 0 Å². The van der Waals surface area contributed by atoms with Crippen molar-refractivity contribution in [1.82, 2.24) is 0 Å². The van der Waals surface area contributed by atoms with E-state index in [1.165, 1.54) is 186 Å². The van der Waals surface area contributed by atoms with Crippen molar-refractivity contribution >= 4 is 17.9 Å². The van der Waals surface area contributed by atoms with Crippen molar-refractivity contribution in [3.8, 4) is 0 Å². The maximum atomic E-state index is 12.8. The smallest absolute Gasteiger partial charge is 0.306 e. The Hall–Kier alpha value is -1.63. The molecule has 1 saturated heterocycles. The van der Waals surface area contributed by atoms with E-state index in [0.717, 1.165) is 70.6 Å². The standard InChI is InChI=1S/C54H102O7/c1-4-7-10-13-15-17-19-21-23-25-27-29-34-39-44-52(55)58-47-49(48-59-53(56)45-40-35-30-28-26-24-22-20-18-16-14-11-8-5-2)60-54(57)46-41-36-31-33-38-43-51-50(61-51)42-37-32-12-9-6-3/h49-51H,4-48H2,1-3H3. The molecule has 2 atom stereocenters. The van der Waals surface area contributed by atoms with E-state index in [4.69, 9.17) is 18.9 Å². The summed E-state index contributed by atoms with van der Waals surface area (Å²) in [7, 11) is 0. The molecule has 0 radical (unpaired) electrons. The summed E-state index contributed by atoms with van der Waals surface area (Å²) in [6.45, 7) is 6.66. The van der Waals surface area contributed by atoms with E-state index >= 15 is 0 Å². The monoisotopic (exact) mass is 863 g/mol. The van der Waals surface area contributed by atoms with Gasteiger partial charge in [0.1, 0.15) is 13.2 Å². The Kier molecular flexibility index (Phi) is 42.3. The van der Waals surface area contributed by atoms with E-state index in [1.807, 2.05) is 0 Å². The van der Waals surface area contributed by atoms with Crippen LogP contribution in [0.2, 0.25) is 0 Å². The SMILES string of the molecule is CCCCCCCCCCCCCCCCC(=O)OCC(COC(=O)CCCCCCCCCCCCCCCC)OC(=O)CCCCCCCC1OC1CCCCCCC. The summed E-state index contributed by atoms with van der Waals surface area (Å²) in [6.07, 6.45) is 50.9. The Labute approximate surface area is 378 Å². The van der Waals surface area contributed by atoms with Crippen LogP contribution in [0.15, 0.2) is 0 Å². The molecule has 0 bridgehead atoms. The summed E-state index contributed by atoms with van der Waals surface area (Å²) >= 11 is 0. The highest BCUT2D eigenvalue weighted by atomic mass is 16.6. The third-order valence-electron chi connectivity index (χ3n) is 12.8. The van der Waals surface area contributed by atoms with E-state index in [0.29, 0.717) is 31.5 Å². The Bertz CT molecular complexity index is 921. The maximum absolute atomic E-state index is 12.8. The number of hydrogen-bond donors (Lipinski definition) is 0. The minimum absolute atomic E-state index is 0.0711. The maximum Gasteiger partial charge on any atom is 0.306 e. The fourth-order valence-electron chi connectivity index (χ4n) is 8.59. The number of carbonyl (C=O) groups excluding carboxylic acids is 3. The molecule has 1 aliphatic heterocycles. The van der Waals surface area contributed by atoms with Gasteiger partial charge in [-0.05, 0) is 32.1 Å². The first-order chi connectivity index (χ1) is 30.0. The van der Waals surface area contributed by atoms with E-state index in [9.17, 15) is 14.4 Å². The molecule has 0 N–H and O–H groups in total. The van der Waals surface area contributed by atoms with Gasteiger partial charge in [-0.1, -0.05) is 245 Å². The van der Waals surface area contributed by atoms with Crippen LogP contribution in [0.1, 0.15) is 297 Å². The first kappa shape index (κ1) is 57.4. The molecule has 61 heavy (non-hydrogen) atoms. The van der Waals surface area contributed by atoms with Gasteiger partial charge in [0.15, 0.2) is 6.10 Å². The molecular weight excluding hydrogens is 761 g/mol. The molecule has 0 aromatic rings. The molecule has 1 aliphatic rings. The molecule has 0 aromatic heterocycles. The predicted molar refractivity (Wildman–Crippen MR) is 256 cm³/mol. The minimum atomic E-state index is -0.772. The molecule has 1 rings (SSSR count). The van der Waals surface area contributed by atoms with Gasteiger partial charge in [0.05, 0.1) is 12.2 Å². The molecule has 360 valence electrons. The van der Waals surface area contributed by atoms with Crippen molar-refractivity contribution in [3.63, 3.8) is 0 Å². The van der Waals surface area contributed by atoms with Crippen molar-refractivity contribution in [1.29, 1.82) is 0 Å². The first-order valence-corrected chi connectivity index (χ1v) is 27.2. The van der Waals surface area contributed by atoms with Crippen molar-refractivity contribution in [3.05, 3.63) is 0 Å². The summed E-state index contributed by atoms with van der Waals surface area (Å²) in [4.78, 5) is 38.1. The van der Waals surface area contributed by atoms with Crippen molar-refractivity contribution in [2.75, 3.05) is 13.2 Å². The second-order valence-corrected chi connectivity index (χ2v) is 18.9. The predicted octanol–water partition coefficient (Wildman–Crippen LogP) is 16.6. The highest BCUT2D eigenvalue weighted by Crippen LogP contribution is 2.32. The van der Waals surface area contributed by atoms with E-state index in [2.05, 4.69) is 20.8 Å². The van der Waals surface area contributed by atoms with Crippen molar-refractivity contribution in [2.45, 2.75) is 315 Å². The first-order valence-electron chi connectivity index (χ1n) is 27.2. The van der Waals surface area contributed by atoms with Gasteiger partial charge in [-0.15, -0.1) is 0 Å². The normalized spacial score (nSPS) is 14.8. The Morgan fingerprint density at radius 3 is 0.885 bits per heavy atom. The zero-order chi connectivity index (χ0) is 44.1. The van der Waals surface area contributed by atoms with Crippen LogP contribution in [0.25, 0.3) is 0 Å². The number of rotatable bonds is 49. The summed E-state index contributed by atoms with van der Waals surface area (Å²) in [5.74, 6) is -0.864. The molecule has 1 fully saturated rings. The van der Waals surface area contributed by atoms with Crippen molar-refractivity contribution in [2.24, 2.45) is 0 Å². The van der Waals surface area contributed by atoms with E-state index < -0.39 is 6.10 Å². The van der Waals surface area contributed by atoms with Gasteiger partial charge >= 0.3 is 17.9 Å². The van der Waals surface area contributed by atoms with E-state index in [1.54, 1.807) is 0 Å². The number of esters is 3. The summed E-state index contributed by atoms with van der Waals surface area (Å²) in [5.41, 5.74) is 0. The lowest BCUT2D eigenvalue weighted by atomic mass is 10.0. The molecule has 1 heterocycles. The second kappa shape index (κ2) is 45.0. The summed E-state index contributed by atoms with van der Waals surface area (Å²) in [6, 6.07) is 0. The number of carbonyl (C=O) groups is 3. The van der Waals surface area contributed by atoms with E-state index in [-0.39, 0.29) is 31.1 Å². The molecule has 0 saturated carbocycles. The fourth-order valence-corrected chi connectivity index (χ4v) is 8.59. The lowest BCUT2D eigenvalue weighted by molar-refractivity contribution is -0.167. The van der Waals surface area contributed by atoms with Crippen LogP contribution in [0.4, 0.5) is 0 Å². The van der Waals surface area contributed by atoms with Gasteiger partial charge < -0.3 is 18.9 Å². The molecule has 0 spiro atoms. The Morgan fingerprint density at radius 1 is 0.344 bits per heavy atom. The lowest BCUT2D eigenvalue weighted by Crippen LogP contribution is -2.30. The third kappa shape index (κ3) is 40.9. The number of epoxide rings is 1. The molecule has 7 heteroatoms. The van der Waals surface area contributed by atoms with Gasteiger partial charge in [-0.2, -0.15) is 0 Å². The molecule has 0 aliphatic carbocycles. The van der Waals surface area contributed by atoms with Crippen LogP contribution >= 0.6 is 0 Å². The Balaban J connectivity index is 2.25. The number of ether oxygens (including phenoxy) is 4. The molecule has 0 aromatic carbocycles. The molecule has 2 unspecified atom stereocenters. The van der Waals surface area contributed by atoms with Gasteiger partial charge in [-0.3, -0.25) is 14.4 Å². The summed E-state index contributed by atoms with van der Waals surface area (Å²) in [5, 5.41) is 0. The molecule has 7 nitrogen and oxygen atoms in total.